The fraction of sp³-hybridized carbons (Fsp3) is 1.00. The summed E-state index contributed by atoms with van der Waals surface area (Å²) in [5.74, 6) is 0.638. The van der Waals surface area contributed by atoms with Crippen LogP contribution in [0.3, 0.4) is 0 Å². The summed E-state index contributed by atoms with van der Waals surface area (Å²) >= 11 is 0. The highest BCUT2D eigenvalue weighted by molar-refractivity contribution is 4.89. The van der Waals surface area contributed by atoms with Gasteiger partial charge in [-0.2, -0.15) is 13.2 Å². The summed E-state index contributed by atoms with van der Waals surface area (Å²) in [6, 6.07) is -2.40. The highest BCUT2D eigenvalue weighted by atomic mass is 19.4. The van der Waals surface area contributed by atoms with Crippen LogP contribution >= 0.6 is 0 Å². The Morgan fingerprint density at radius 1 is 1.18 bits per heavy atom. The van der Waals surface area contributed by atoms with E-state index in [0.717, 1.165) is 25.7 Å². The summed E-state index contributed by atoms with van der Waals surface area (Å²) in [7, 11) is 1.56. The van der Waals surface area contributed by atoms with Crippen molar-refractivity contribution in [3.8, 4) is 0 Å². The molecule has 2 N–H and O–H groups in total. The Hall–Kier alpha value is -0.290. The normalized spacial score (nSPS) is 30.4. The maximum Gasteiger partial charge on any atom is 0.405 e. The van der Waals surface area contributed by atoms with Crippen LogP contribution in [0.1, 0.15) is 39.5 Å². The summed E-state index contributed by atoms with van der Waals surface area (Å²) < 4.78 is 38.8. The number of halogens is 3. The van der Waals surface area contributed by atoms with E-state index in [2.05, 4.69) is 6.92 Å². The van der Waals surface area contributed by atoms with Crippen LogP contribution in [-0.4, -0.2) is 36.2 Å². The molecule has 2 unspecified atom stereocenters. The minimum atomic E-state index is -4.24. The molecule has 0 aromatic carbocycles. The number of likely N-dealkylation sites (N-methyl/N-ethyl adjacent to an activating group) is 1. The van der Waals surface area contributed by atoms with Gasteiger partial charge in [0.15, 0.2) is 0 Å². The second kappa shape index (κ2) is 5.57. The minimum Gasteiger partial charge on any atom is -0.326 e. The molecule has 0 bridgehead atoms. The molecule has 1 aliphatic rings. The van der Waals surface area contributed by atoms with Gasteiger partial charge in [-0.25, -0.2) is 0 Å². The van der Waals surface area contributed by atoms with Crippen molar-refractivity contribution in [3.63, 3.8) is 0 Å². The first kappa shape index (κ1) is 14.8. The highest BCUT2D eigenvalue weighted by Gasteiger charge is 2.46. The lowest BCUT2D eigenvalue weighted by molar-refractivity contribution is -0.191. The zero-order valence-electron chi connectivity index (χ0n) is 10.8. The Balaban J connectivity index is 2.68. The van der Waals surface area contributed by atoms with Gasteiger partial charge in [-0.05, 0) is 45.6 Å². The fourth-order valence-corrected chi connectivity index (χ4v) is 2.78. The highest BCUT2D eigenvalue weighted by Crippen LogP contribution is 2.32. The second-order valence-corrected chi connectivity index (χ2v) is 5.42. The topological polar surface area (TPSA) is 29.3 Å². The van der Waals surface area contributed by atoms with Crippen molar-refractivity contribution >= 4 is 0 Å². The molecule has 2 nitrogen and oxygen atoms in total. The van der Waals surface area contributed by atoms with E-state index in [1.54, 1.807) is 7.05 Å². The van der Waals surface area contributed by atoms with Gasteiger partial charge in [0.1, 0.15) is 6.04 Å². The molecular formula is C12H23F3N2. The summed E-state index contributed by atoms with van der Waals surface area (Å²) in [6.45, 7) is 3.59. The standard InChI is InChI=1S/C12H23F3N2/c1-8-4-6-10(7-5-8)17(3)11(9(2)16)12(13,14)15/h8-11H,4-7,16H2,1-3H3. The molecular weight excluding hydrogens is 229 g/mol. The maximum atomic E-state index is 12.9. The second-order valence-electron chi connectivity index (χ2n) is 5.42. The average molecular weight is 252 g/mol. The molecule has 5 heteroatoms. The number of rotatable bonds is 3. The Morgan fingerprint density at radius 3 is 2.00 bits per heavy atom. The van der Waals surface area contributed by atoms with Crippen molar-refractivity contribution in [2.75, 3.05) is 7.05 Å². The predicted octanol–water partition coefficient (Wildman–Crippen LogP) is 2.78. The minimum absolute atomic E-state index is 0.0174. The maximum absolute atomic E-state index is 12.9. The van der Waals surface area contributed by atoms with Crippen LogP contribution in [0.15, 0.2) is 0 Å². The first-order valence-electron chi connectivity index (χ1n) is 6.27. The summed E-state index contributed by atoms with van der Waals surface area (Å²) in [5, 5.41) is 0. The summed E-state index contributed by atoms with van der Waals surface area (Å²) in [5.41, 5.74) is 5.50. The van der Waals surface area contributed by atoms with Crippen LogP contribution in [0.4, 0.5) is 13.2 Å². The zero-order chi connectivity index (χ0) is 13.2. The molecule has 0 aromatic heterocycles. The molecule has 0 aliphatic heterocycles. The molecule has 102 valence electrons. The van der Waals surface area contributed by atoms with Gasteiger partial charge in [-0.3, -0.25) is 4.90 Å². The van der Waals surface area contributed by atoms with Gasteiger partial charge >= 0.3 is 6.18 Å². The van der Waals surface area contributed by atoms with E-state index in [4.69, 9.17) is 5.73 Å². The van der Waals surface area contributed by atoms with Crippen molar-refractivity contribution in [1.29, 1.82) is 0 Å². The quantitative estimate of drug-likeness (QED) is 0.837. The monoisotopic (exact) mass is 252 g/mol. The van der Waals surface area contributed by atoms with E-state index in [-0.39, 0.29) is 6.04 Å². The van der Waals surface area contributed by atoms with Crippen LogP contribution in [0.5, 0.6) is 0 Å². The number of nitrogens with zero attached hydrogens (tertiary/aromatic N) is 1. The van der Waals surface area contributed by atoms with Crippen LogP contribution in [0, 0.1) is 5.92 Å². The molecule has 1 fully saturated rings. The van der Waals surface area contributed by atoms with Crippen molar-refractivity contribution in [3.05, 3.63) is 0 Å². The third-order valence-electron chi connectivity index (χ3n) is 3.83. The van der Waals surface area contributed by atoms with E-state index in [9.17, 15) is 13.2 Å². The third-order valence-corrected chi connectivity index (χ3v) is 3.83. The van der Waals surface area contributed by atoms with Crippen LogP contribution in [0.2, 0.25) is 0 Å². The van der Waals surface area contributed by atoms with Crippen molar-refractivity contribution in [1.82, 2.24) is 4.90 Å². The molecule has 0 heterocycles. The zero-order valence-corrected chi connectivity index (χ0v) is 10.8. The van der Waals surface area contributed by atoms with Crippen molar-refractivity contribution < 1.29 is 13.2 Å². The van der Waals surface area contributed by atoms with E-state index < -0.39 is 18.3 Å². The summed E-state index contributed by atoms with van der Waals surface area (Å²) in [6.07, 6.45) is -0.531. The van der Waals surface area contributed by atoms with Crippen molar-refractivity contribution in [2.24, 2.45) is 11.7 Å². The smallest absolute Gasteiger partial charge is 0.326 e. The van der Waals surface area contributed by atoms with Gasteiger partial charge in [-0.1, -0.05) is 6.92 Å². The number of alkyl halides is 3. The van der Waals surface area contributed by atoms with E-state index >= 15 is 0 Å². The number of hydrogen-bond acceptors (Lipinski definition) is 2. The molecule has 0 aromatic rings. The largest absolute Gasteiger partial charge is 0.405 e. The molecule has 0 radical (unpaired) electrons. The van der Waals surface area contributed by atoms with E-state index in [1.807, 2.05) is 0 Å². The lowest BCUT2D eigenvalue weighted by Crippen LogP contribution is -2.57. The Morgan fingerprint density at radius 2 is 1.65 bits per heavy atom. The lowest BCUT2D eigenvalue weighted by Gasteiger charge is -2.40. The van der Waals surface area contributed by atoms with Gasteiger partial charge in [0.25, 0.3) is 0 Å². The predicted molar refractivity (Wildman–Crippen MR) is 62.7 cm³/mol. The van der Waals surface area contributed by atoms with Gasteiger partial charge < -0.3 is 5.73 Å². The third kappa shape index (κ3) is 3.85. The number of nitrogens with two attached hydrogens (primary N) is 1. The Kier molecular flexibility index (Phi) is 4.84. The fourth-order valence-electron chi connectivity index (χ4n) is 2.78. The average Bonchev–Trinajstić information content (AvgIpc) is 2.15. The van der Waals surface area contributed by atoms with Gasteiger partial charge in [0, 0.05) is 12.1 Å². The first-order valence-corrected chi connectivity index (χ1v) is 6.27. The lowest BCUT2D eigenvalue weighted by atomic mass is 9.86. The number of hydrogen-bond donors (Lipinski definition) is 1. The van der Waals surface area contributed by atoms with Gasteiger partial charge in [-0.15, -0.1) is 0 Å². The molecule has 0 amide bonds. The Bertz CT molecular complexity index is 232. The van der Waals surface area contributed by atoms with Crippen LogP contribution in [-0.2, 0) is 0 Å². The Labute approximate surface area is 101 Å². The molecule has 2 atom stereocenters. The molecule has 1 rings (SSSR count). The van der Waals surface area contributed by atoms with Gasteiger partial charge in [0.2, 0.25) is 0 Å². The molecule has 0 spiro atoms. The van der Waals surface area contributed by atoms with Crippen LogP contribution in [0.25, 0.3) is 0 Å². The van der Waals surface area contributed by atoms with Crippen LogP contribution < -0.4 is 5.73 Å². The first-order chi connectivity index (χ1) is 7.73. The molecule has 1 aliphatic carbocycles. The SMILES string of the molecule is CC1CCC(N(C)C(C(C)N)C(F)(F)F)CC1. The molecule has 17 heavy (non-hydrogen) atoms. The van der Waals surface area contributed by atoms with Gasteiger partial charge in [0.05, 0.1) is 0 Å². The molecule has 1 saturated carbocycles. The molecule has 0 saturated heterocycles. The van der Waals surface area contributed by atoms with E-state index in [0.29, 0.717) is 5.92 Å². The van der Waals surface area contributed by atoms with Crippen molar-refractivity contribution in [2.45, 2.75) is 63.8 Å². The van der Waals surface area contributed by atoms with E-state index in [1.165, 1.54) is 11.8 Å². The summed E-state index contributed by atoms with van der Waals surface area (Å²) in [4.78, 5) is 1.44.